The van der Waals surface area contributed by atoms with Crippen molar-refractivity contribution in [2.75, 3.05) is 5.32 Å². The van der Waals surface area contributed by atoms with Crippen LogP contribution in [0.4, 0.5) is 5.69 Å². The second-order valence-corrected chi connectivity index (χ2v) is 5.07. The van der Waals surface area contributed by atoms with Gasteiger partial charge in [0.25, 0.3) is 0 Å². The Morgan fingerprint density at radius 1 is 1.00 bits per heavy atom. The Hall–Kier alpha value is -2.94. The predicted molar refractivity (Wildman–Crippen MR) is 91.4 cm³/mol. The van der Waals surface area contributed by atoms with E-state index in [1.165, 1.54) is 6.92 Å². The van der Waals surface area contributed by atoms with Gasteiger partial charge in [-0.1, -0.05) is 42.5 Å². The Kier molecular flexibility index (Phi) is 3.97. The third-order valence-corrected chi connectivity index (χ3v) is 3.28. The van der Waals surface area contributed by atoms with Gasteiger partial charge in [0.05, 0.1) is 11.2 Å². The number of hydrogen-bond donors (Lipinski definition) is 1. The molecule has 3 rings (SSSR count). The van der Waals surface area contributed by atoms with Gasteiger partial charge in [-0.05, 0) is 35.9 Å². The van der Waals surface area contributed by atoms with Crippen molar-refractivity contribution in [2.24, 2.45) is 0 Å². The molecule has 22 heavy (non-hydrogen) atoms. The first-order valence-corrected chi connectivity index (χ1v) is 7.12. The molecule has 3 heteroatoms. The molecular formula is C19H16N2O. The van der Waals surface area contributed by atoms with Crippen LogP contribution in [-0.4, -0.2) is 10.9 Å². The highest BCUT2D eigenvalue weighted by Crippen LogP contribution is 2.19. The molecule has 0 aliphatic rings. The summed E-state index contributed by atoms with van der Waals surface area (Å²) in [5.41, 5.74) is 3.74. The van der Waals surface area contributed by atoms with E-state index in [9.17, 15) is 4.79 Å². The van der Waals surface area contributed by atoms with Crippen molar-refractivity contribution in [3.8, 4) is 0 Å². The van der Waals surface area contributed by atoms with E-state index < -0.39 is 0 Å². The maximum absolute atomic E-state index is 11.1. The second-order valence-electron chi connectivity index (χ2n) is 5.07. The van der Waals surface area contributed by atoms with Gasteiger partial charge >= 0.3 is 0 Å². The van der Waals surface area contributed by atoms with E-state index in [2.05, 4.69) is 22.4 Å². The molecule has 0 bridgehead atoms. The highest BCUT2D eigenvalue weighted by Gasteiger charge is 2.00. The number of rotatable bonds is 3. The van der Waals surface area contributed by atoms with Crippen LogP contribution in [0.5, 0.6) is 0 Å². The molecule has 0 saturated heterocycles. The molecule has 0 unspecified atom stereocenters. The minimum Gasteiger partial charge on any atom is -0.326 e. The maximum Gasteiger partial charge on any atom is 0.221 e. The molecule has 108 valence electrons. The van der Waals surface area contributed by atoms with Gasteiger partial charge in [-0.3, -0.25) is 4.79 Å². The minimum absolute atomic E-state index is 0.0743. The number of carbonyl (C=O) groups is 1. The number of pyridine rings is 1. The summed E-state index contributed by atoms with van der Waals surface area (Å²) in [6, 6.07) is 19.8. The monoisotopic (exact) mass is 288 g/mol. The molecular weight excluding hydrogens is 272 g/mol. The number of carbonyl (C=O) groups excluding carboxylic acids is 1. The van der Waals surface area contributed by atoms with Crippen LogP contribution in [0.2, 0.25) is 0 Å². The smallest absolute Gasteiger partial charge is 0.221 e. The first-order chi connectivity index (χ1) is 10.7. The van der Waals surface area contributed by atoms with Gasteiger partial charge in [0.1, 0.15) is 0 Å². The van der Waals surface area contributed by atoms with Crippen molar-refractivity contribution >= 4 is 34.6 Å². The molecule has 0 spiro atoms. The van der Waals surface area contributed by atoms with E-state index in [4.69, 9.17) is 0 Å². The van der Waals surface area contributed by atoms with Crippen molar-refractivity contribution in [1.29, 1.82) is 0 Å². The number of amides is 1. The summed E-state index contributed by atoms with van der Waals surface area (Å²) in [5.74, 6) is -0.0743. The Labute approximate surface area is 129 Å². The molecule has 0 aliphatic heterocycles. The lowest BCUT2D eigenvalue weighted by atomic mass is 10.1. The van der Waals surface area contributed by atoms with E-state index in [0.717, 1.165) is 27.8 Å². The van der Waals surface area contributed by atoms with Gasteiger partial charge in [0.2, 0.25) is 5.91 Å². The number of benzene rings is 2. The van der Waals surface area contributed by atoms with Crippen molar-refractivity contribution in [3.05, 3.63) is 71.9 Å². The van der Waals surface area contributed by atoms with Crippen LogP contribution in [0.15, 0.2) is 60.7 Å². The molecule has 0 atom stereocenters. The predicted octanol–water partition coefficient (Wildman–Crippen LogP) is 4.36. The average molecular weight is 288 g/mol. The molecule has 1 amide bonds. The minimum atomic E-state index is -0.0743. The Balaban J connectivity index is 1.87. The molecule has 0 saturated carbocycles. The molecule has 0 aliphatic carbocycles. The molecule has 3 nitrogen and oxygen atoms in total. The van der Waals surface area contributed by atoms with Crippen molar-refractivity contribution in [2.45, 2.75) is 6.92 Å². The van der Waals surface area contributed by atoms with Gasteiger partial charge in [-0.25, -0.2) is 4.98 Å². The zero-order chi connectivity index (χ0) is 15.4. The first kappa shape index (κ1) is 14.0. The molecule has 1 N–H and O–H groups in total. The average Bonchev–Trinajstić information content (AvgIpc) is 2.53. The normalized spacial score (nSPS) is 11.0. The molecule has 3 aromatic rings. The van der Waals surface area contributed by atoms with E-state index in [1.807, 2.05) is 60.7 Å². The summed E-state index contributed by atoms with van der Waals surface area (Å²) in [4.78, 5) is 15.7. The fraction of sp³-hybridized carbons (Fsp3) is 0.0526. The summed E-state index contributed by atoms with van der Waals surface area (Å²) in [6.07, 6.45) is 4.04. The van der Waals surface area contributed by atoms with Crippen LogP contribution in [-0.2, 0) is 4.79 Å². The largest absolute Gasteiger partial charge is 0.326 e. The van der Waals surface area contributed by atoms with Crippen LogP contribution >= 0.6 is 0 Å². The molecule has 0 radical (unpaired) electrons. The van der Waals surface area contributed by atoms with Crippen LogP contribution in [0.3, 0.4) is 0 Å². The summed E-state index contributed by atoms with van der Waals surface area (Å²) in [6.45, 7) is 1.50. The molecule has 2 aromatic carbocycles. The van der Waals surface area contributed by atoms with Crippen molar-refractivity contribution in [1.82, 2.24) is 4.98 Å². The maximum atomic E-state index is 11.1. The number of nitrogens with one attached hydrogen (secondary N) is 1. The topological polar surface area (TPSA) is 42.0 Å². The highest BCUT2D eigenvalue weighted by atomic mass is 16.1. The summed E-state index contributed by atoms with van der Waals surface area (Å²) < 4.78 is 0. The number of aromatic nitrogens is 1. The van der Waals surface area contributed by atoms with E-state index in [1.54, 1.807) is 0 Å². The second kappa shape index (κ2) is 6.22. The molecule has 0 fully saturated rings. The highest BCUT2D eigenvalue weighted by molar-refractivity contribution is 5.92. The van der Waals surface area contributed by atoms with Crippen LogP contribution in [0.1, 0.15) is 18.2 Å². The molecule has 1 heterocycles. The Morgan fingerprint density at radius 3 is 2.59 bits per heavy atom. The van der Waals surface area contributed by atoms with E-state index >= 15 is 0 Å². The number of hydrogen-bond acceptors (Lipinski definition) is 2. The summed E-state index contributed by atoms with van der Waals surface area (Å²) in [5, 5.41) is 3.78. The number of nitrogens with zero attached hydrogens (tertiary/aromatic N) is 1. The van der Waals surface area contributed by atoms with Crippen LogP contribution in [0, 0.1) is 0 Å². The quantitative estimate of drug-likeness (QED) is 0.778. The van der Waals surface area contributed by atoms with Crippen molar-refractivity contribution < 1.29 is 4.79 Å². The Morgan fingerprint density at radius 2 is 1.82 bits per heavy atom. The fourth-order valence-corrected chi connectivity index (χ4v) is 2.26. The summed E-state index contributed by atoms with van der Waals surface area (Å²) in [7, 11) is 0. The fourth-order valence-electron chi connectivity index (χ4n) is 2.26. The third kappa shape index (κ3) is 3.38. The lowest BCUT2D eigenvalue weighted by Crippen LogP contribution is -2.05. The zero-order valence-electron chi connectivity index (χ0n) is 12.3. The van der Waals surface area contributed by atoms with E-state index in [-0.39, 0.29) is 5.91 Å². The standard InChI is InChI=1S/C19H16N2O/c1-14(22)20-18-11-12-19-16(13-18)8-10-17(21-19)9-7-15-5-3-2-4-6-15/h2-13H,1H3,(H,20,22)/b9-7+. The lowest BCUT2D eigenvalue weighted by molar-refractivity contribution is -0.114. The van der Waals surface area contributed by atoms with Gasteiger partial charge in [0, 0.05) is 18.0 Å². The van der Waals surface area contributed by atoms with Gasteiger partial charge < -0.3 is 5.32 Å². The van der Waals surface area contributed by atoms with Crippen LogP contribution < -0.4 is 5.32 Å². The SMILES string of the molecule is CC(=O)Nc1ccc2nc(/C=C/c3ccccc3)ccc2c1. The Bertz CT molecular complexity index is 838. The number of anilines is 1. The third-order valence-electron chi connectivity index (χ3n) is 3.28. The summed E-state index contributed by atoms with van der Waals surface area (Å²) >= 11 is 0. The van der Waals surface area contributed by atoms with Crippen molar-refractivity contribution in [3.63, 3.8) is 0 Å². The van der Waals surface area contributed by atoms with E-state index in [0.29, 0.717) is 0 Å². The zero-order valence-corrected chi connectivity index (χ0v) is 12.3. The van der Waals surface area contributed by atoms with Crippen LogP contribution in [0.25, 0.3) is 23.1 Å². The lowest BCUT2D eigenvalue weighted by Gasteiger charge is -2.04. The van der Waals surface area contributed by atoms with Gasteiger partial charge in [-0.15, -0.1) is 0 Å². The van der Waals surface area contributed by atoms with Gasteiger partial charge in [0.15, 0.2) is 0 Å². The van der Waals surface area contributed by atoms with Gasteiger partial charge in [-0.2, -0.15) is 0 Å². The number of fused-ring (bicyclic) bond motifs is 1. The first-order valence-electron chi connectivity index (χ1n) is 7.12. The molecule has 1 aromatic heterocycles.